The van der Waals surface area contributed by atoms with Gasteiger partial charge in [-0.2, -0.15) is 0 Å². The third-order valence-electron chi connectivity index (χ3n) is 8.37. The van der Waals surface area contributed by atoms with Gasteiger partial charge >= 0.3 is 0 Å². The van der Waals surface area contributed by atoms with Crippen LogP contribution in [0.3, 0.4) is 0 Å². The van der Waals surface area contributed by atoms with Crippen LogP contribution in [-0.4, -0.2) is 26.1 Å². The van der Waals surface area contributed by atoms with Crippen molar-refractivity contribution in [1.29, 1.82) is 0 Å². The molecule has 5 unspecified atom stereocenters. The zero-order valence-electron chi connectivity index (χ0n) is 16.3. The average molecular weight is 719 g/mol. The Balaban J connectivity index is 0.00000140. The van der Waals surface area contributed by atoms with Crippen LogP contribution in [0.1, 0.15) is 70.6 Å². The molecule has 0 amide bonds. The molecule has 0 aromatic carbocycles. The first kappa shape index (κ1) is 26.0. The molecule has 0 bridgehead atoms. The Morgan fingerprint density at radius 2 is 1.14 bits per heavy atom. The Labute approximate surface area is 212 Å². The molecule has 0 aromatic rings. The standard InChI is InChI=1S/C21H31BF4.Dy.Re/c22-16-8-5-13(6-9-16)12-1-3-14(4-2-12)17-11-15-7-10-18(23)20(24)19(15)21(17,25)26;;/h12-20H,1-11H2;;. The Kier molecular flexibility index (Phi) is 9.79. The van der Waals surface area contributed by atoms with Crippen molar-refractivity contribution in [1.82, 2.24) is 0 Å². The first-order valence-corrected chi connectivity index (χ1v) is 10.8. The van der Waals surface area contributed by atoms with Gasteiger partial charge < -0.3 is 0 Å². The van der Waals surface area contributed by atoms with Gasteiger partial charge in [0.1, 0.15) is 12.3 Å². The molecular weight excluding hydrogens is 688 g/mol. The van der Waals surface area contributed by atoms with Crippen molar-refractivity contribution < 1.29 is 76.2 Å². The van der Waals surface area contributed by atoms with E-state index < -0.39 is 30.1 Å². The summed E-state index contributed by atoms with van der Waals surface area (Å²) in [6.07, 6.45) is 5.54. The van der Waals surface area contributed by atoms with Crippen molar-refractivity contribution in [3.63, 3.8) is 0 Å². The average Bonchev–Trinajstić information content (AvgIpc) is 2.90. The molecule has 0 N–H and O–H groups in total. The van der Waals surface area contributed by atoms with Crippen molar-refractivity contribution in [2.24, 2.45) is 35.5 Å². The van der Waals surface area contributed by atoms with E-state index in [4.69, 9.17) is 7.85 Å². The van der Waals surface area contributed by atoms with E-state index >= 15 is 8.78 Å². The fourth-order valence-corrected chi connectivity index (χ4v) is 6.86. The van der Waals surface area contributed by atoms with Gasteiger partial charge in [0.15, 0.2) is 0 Å². The summed E-state index contributed by atoms with van der Waals surface area (Å²) in [6, 6.07) is 0. The van der Waals surface area contributed by atoms with Crippen LogP contribution in [0.4, 0.5) is 17.6 Å². The van der Waals surface area contributed by atoms with Gasteiger partial charge in [0.05, 0.1) is 13.8 Å². The molecule has 4 rings (SSSR count). The minimum absolute atomic E-state index is 0. The molecule has 0 aliphatic heterocycles. The largest absolute Gasteiger partial charge is 0.257 e. The van der Waals surface area contributed by atoms with E-state index in [1.807, 2.05) is 0 Å². The summed E-state index contributed by atoms with van der Waals surface area (Å²) in [5, 5.41) is 0. The van der Waals surface area contributed by atoms with Crippen LogP contribution in [0.2, 0.25) is 5.82 Å². The molecule has 28 heavy (non-hydrogen) atoms. The van der Waals surface area contributed by atoms with E-state index in [2.05, 4.69) is 0 Å². The summed E-state index contributed by atoms with van der Waals surface area (Å²) in [5.74, 6) is -3.78. The molecule has 5 atom stereocenters. The van der Waals surface area contributed by atoms with Gasteiger partial charge in [-0.1, -0.05) is 31.5 Å². The van der Waals surface area contributed by atoms with Crippen LogP contribution in [-0.2, 0) is 20.4 Å². The van der Waals surface area contributed by atoms with E-state index in [0.29, 0.717) is 30.5 Å². The van der Waals surface area contributed by atoms with Gasteiger partial charge in [-0.3, -0.25) is 0 Å². The van der Waals surface area contributed by atoms with Crippen LogP contribution < -0.4 is 0 Å². The van der Waals surface area contributed by atoms with Gasteiger partial charge in [0.25, 0.3) is 5.92 Å². The number of hydrogen-bond acceptors (Lipinski definition) is 0. The minimum atomic E-state index is -3.04. The first-order valence-electron chi connectivity index (χ1n) is 10.8. The molecule has 0 saturated heterocycles. The monoisotopic (exact) mass is 721 g/mol. The maximum Gasteiger partial charge on any atom is 0.257 e. The van der Waals surface area contributed by atoms with Crippen LogP contribution >= 0.6 is 0 Å². The van der Waals surface area contributed by atoms with E-state index in [1.165, 1.54) is 12.8 Å². The fraction of sp³-hybridized carbons (Fsp3) is 1.00. The van der Waals surface area contributed by atoms with Crippen molar-refractivity contribution in [3.05, 3.63) is 0 Å². The third-order valence-corrected chi connectivity index (χ3v) is 8.37. The topological polar surface area (TPSA) is 0 Å². The molecule has 3 radical (unpaired) electrons. The smallest absolute Gasteiger partial charge is 0.244 e. The van der Waals surface area contributed by atoms with Crippen molar-refractivity contribution in [3.8, 4) is 0 Å². The van der Waals surface area contributed by atoms with Gasteiger partial charge in [-0.05, 0) is 68.6 Å². The SMILES string of the molecule is [B]C1CCC(C2CCC(C3CC4CCC(F)C(F)C4C3(F)F)CC2)CC1.[Dy].[Re]. The van der Waals surface area contributed by atoms with E-state index in [0.717, 1.165) is 38.5 Å². The molecule has 7 heteroatoms. The predicted octanol–water partition coefficient (Wildman–Crippen LogP) is 6.30. The number of alkyl halides is 4. The van der Waals surface area contributed by atoms with Gasteiger partial charge in [0.2, 0.25) is 0 Å². The molecule has 0 spiro atoms. The summed E-state index contributed by atoms with van der Waals surface area (Å²) in [5.41, 5.74) is 0. The summed E-state index contributed by atoms with van der Waals surface area (Å²) in [4.78, 5) is 0. The van der Waals surface area contributed by atoms with Gasteiger partial charge in [0, 0.05) is 64.5 Å². The number of halogens is 4. The second-order valence-electron chi connectivity index (χ2n) is 9.69. The normalized spacial score (nSPS) is 48.1. The number of fused-ring (bicyclic) bond motifs is 1. The first-order chi connectivity index (χ1) is 12.4. The molecule has 4 aliphatic rings. The van der Waals surface area contributed by atoms with Gasteiger partial charge in [-0.25, -0.2) is 17.6 Å². The molecule has 4 saturated carbocycles. The molecule has 163 valence electrons. The fourth-order valence-electron chi connectivity index (χ4n) is 6.86. The second kappa shape index (κ2) is 10.6. The molecule has 0 aromatic heterocycles. The summed E-state index contributed by atoms with van der Waals surface area (Å²) in [7, 11) is 6.00. The van der Waals surface area contributed by atoms with Crippen LogP contribution in [0, 0.1) is 73.7 Å². The quantitative estimate of drug-likeness (QED) is 0.233. The Hall–Kier alpha value is 1.72. The van der Waals surface area contributed by atoms with Crippen LogP contribution in [0.25, 0.3) is 0 Å². The Morgan fingerprint density at radius 3 is 1.71 bits per heavy atom. The van der Waals surface area contributed by atoms with E-state index in [1.54, 1.807) is 0 Å². The number of hydrogen-bond donors (Lipinski definition) is 0. The zero-order valence-corrected chi connectivity index (χ0v) is 21.0. The summed E-state index contributed by atoms with van der Waals surface area (Å²) < 4.78 is 58.0. The molecule has 4 aliphatic carbocycles. The summed E-state index contributed by atoms with van der Waals surface area (Å²) in [6.45, 7) is 0. The van der Waals surface area contributed by atoms with Crippen LogP contribution in [0.5, 0.6) is 0 Å². The molecule has 0 nitrogen and oxygen atoms in total. The third kappa shape index (κ3) is 5.03. The molecule has 0 heterocycles. The molecule has 4 fully saturated rings. The summed E-state index contributed by atoms with van der Waals surface area (Å²) >= 11 is 0. The minimum Gasteiger partial charge on any atom is -0.244 e. The predicted molar refractivity (Wildman–Crippen MR) is 96.0 cm³/mol. The maximum absolute atomic E-state index is 15.0. The number of rotatable bonds is 2. The van der Waals surface area contributed by atoms with Crippen molar-refractivity contribution >= 4 is 7.85 Å². The Morgan fingerprint density at radius 1 is 0.679 bits per heavy atom. The van der Waals surface area contributed by atoms with E-state index in [-0.39, 0.29) is 76.9 Å². The maximum atomic E-state index is 15.0. The van der Waals surface area contributed by atoms with Crippen molar-refractivity contribution in [2.45, 2.75) is 94.7 Å². The molecular formula is C21H31BDyF4Re. The van der Waals surface area contributed by atoms with E-state index in [9.17, 15) is 8.78 Å². The second-order valence-corrected chi connectivity index (χ2v) is 9.69. The Bertz CT molecular complexity index is 495. The van der Waals surface area contributed by atoms with Crippen LogP contribution in [0.15, 0.2) is 0 Å². The van der Waals surface area contributed by atoms with Crippen molar-refractivity contribution in [2.75, 3.05) is 0 Å². The zero-order chi connectivity index (χ0) is 18.5. The van der Waals surface area contributed by atoms with Gasteiger partial charge in [-0.15, -0.1) is 0 Å².